The molecule has 4 nitrogen and oxygen atoms in total. The van der Waals surface area contributed by atoms with Crippen molar-refractivity contribution in [1.29, 1.82) is 0 Å². The third-order valence-electron chi connectivity index (χ3n) is 4.33. The first-order valence-corrected chi connectivity index (χ1v) is 8.72. The van der Waals surface area contributed by atoms with Gasteiger partial charge in [-0.15, -0.1) is 11.3 Å². The number of piperazine rings is 1. The molecule has 21 heavy (non-hydrogen) atoms. The van der Waals surface area contributed by atoms with Crippen LogP contribution in [-0.2, 0) is 16.0 Å². The molecule has 114 valence electrons. The molecule has 1 saturated heterocycles. The maximum Gasteiger partial charge on any atom is 0.245 e. The normalized spacial score (nSPS) is 26.0. The summed E-state index contributed by atoms with van der Waals surface area (Å²) >= 11 is 1.71. The molecule has 0 aromatic carbocycles. The van der Waals surface area contributed by atoms with Crippen LogP contribution in [-0.4, -0.2) is 35.3 Å². The number of carbonyl (C=O) groups excluding carboxylic acids is 2. The summed E-state index contributed by atoms with van der Waals surface area (Å²) in [5.74, 6) is 0.548. The van der Waals surface area contributed by atoms with Crippen molar-refractivity contribution in [2.24, 2.45) is 5.92 Å². The lowest BCUT2D eigenvalue weighted by Crippen LogP contribution is -2.64. The summed E-state index contributed by atoms with van der Waals surface area (Å²) in [6, 6.07) is 3.57. The number of carbonyl (C=O) groups is 2. The average Bonchev–Trinajstić information content (AvgIpc) is 3.16. The minimum atomic E-state index is -0.319. The van der Waals surface area contributed by atoms with Crippen molar-refractivity contribution >= 4 is 23.2 Å². The van der Waals surface area contributed by atoms with Gasteiger partial charge < -0.3 is 10.2 Å². The summed E-state index contributed by atoms with van der Waals surface area (Å²) in [6.07, 6.45) is 4.62. The van der Waals surface area contributed by atoms with Gasteiger partial charge in [0.25, 0.3) is 0 Å². The Morgan fingerprint density at radius 1 is 1.38 bits per heavy atom. The SMILES string of the molecule is CCCC1NC(=O)C(C2CC2)N(CCc2cccs2)C1=O. The molecule has 5 heteroatoms. The van der Waals surface area contributed by atoms with Gasteiger partial charge in [0, 0.05) is 11.4 Å². The van der Waals surface area contributed by atoms with Crippen LogP contribution in [0.15, 0.2) is 17.5 Å². The first-order chi connectivity index (χ1) is 10.2. The van der Waals surface area contributed by atoms with Crippen molar-refractivity contribution in [3.8, 4) is 0 Å². The van der Waals surface area contributed by atoms with E-state index in [0.29, 0.717) is 12.5 Å². The lowest BCUT2D eigenvalue weighted by atomic mass is 10.00. The molecular formula is C16H22N2O2S. The molecule has 3 rings (SSSR count). The second kappa shape index (κ2) is 6.18. The zero-order chi connectivity index (χ0) is 14.8. The Hall–Kier alpha value is -1.36. The Morgan fingerprint density at radius 2 is 2.19 bits per heavy atom. The van der Waals surface area contributed by atoms with Crippen molar-refractivity contribution in [3.05, 3.63) is 22.4 Å². The Labute approximate surface area is 129 Å². The van der Waals surface area contributed by atoms with Crippen LogP contribution in [0.4, 0.5) is 0 Å². The van der Waals surface area contributed by atoms with Crippen LogP contribution < -0.4 is 5.32 Å². The number of nitrogens with zero attached hydrogens (tertiary/aromatic N) is 1. The van der Waals surface area contributed by atoms with Gasteiger partial charge >= 0.3 is 0 Å². The molecule has 2 amide bonds. The first-order valence-electron chi connectivity index (χ1n) is 7.84. The van der Waals surface area contributed by atoms with E-state index < -0.39 is 0 Å². The summed E-state index contributed by atoms with van der Waals surface area (Å²) < 4.78 is 0. The number of nitrogens with one attached hydrogen (secondary N) is 1. The topological polar surface area (TPSA) is 49.4 Å². The fraction of sp³-hybridized carbons (Fsp3) is 0.625. The Balaban J connectivity index is 1.73. The highest BCUT2D eigenvalue weighted by molar-refractivity contribution is 7.09. The second-order valence-electron chi connectivity index (χ2n) is 5.99. The third kappa shape index (κ3) is 3.12. The van der Waals surface area contributed by atoms with E-state index in [2.05, 4.69) is 16.8 Å². The molecule has 1 aliphatic carbocycles. The van der Waals surface area contributed by atoms with E-state index in [-0.39, 0.29) is 23.9 Å². The van der Waals surface area contributed by atoms with Gasteiger partial charge in [0.2, 0.25) is 11.8 Å². The zero-order valence-corrected chi connectivity index (χ0v) is 13.2. The lowest BCUT2D eigenvalue weighted by molar-refractivity contribution is -0.150. The van der Waals surface area contributed by atoms with Gasteiger partial charge in [-0.2, -0.15) is 0 Å². The number of thiophene rings is 1. The lowest BCUT2D eigenvalue weighted by Gasteiger charge is -2.39. The van der Waals surface area contributed by atoms with Gasteiger partial charge in [0.1, 0.15) is 12.1 Å². The molecule has 0 spiro atoms. The fourth-order valence-corrected chi connectivity index (χ4v) is 3.80. The quantitative estimate of drug-likeness (QED) is 0.876. The Bertz CT molecular complexity index is 510. The highest BCUT2D eigenvalue weighted by Gasteiger charge is 2.47. The van der Waals surface area contributed by atoms with Gasteiger partial charge in [-0.05, 0) is 43.0 Å². The molecule has 2 fully saturated rings. The molecule has 1 N–H and O–H groups in total. The summed E-state index contributed by atoms with van der Waals surface area (Å²) in [5.41, 5.74) is 0. The van der Waals surface area contributed by atoms with E-state index in [4.69, 9.17) is 0 Å². The van der Waals surface area contributed by atoms with Gasteiger partial charge in [-0.1, -0.05) is 19.4 Å². The molecule has 1 saturated carbocycles. The van der Waals surface area contributed by atoms with Gasteiger partial charge in [-0.3, -0.25) is 9.59 Å². The van der Waals surface area contributed by atoms with Crippen molar-refractivity contribution in [1.82, 2.24) is 10.2 Å². The summed E-state index contributed by atoms with van der Waals surface area (Å²) in [4.78, 5) is 28.2. The van der Waals surface area contributed by atoms with E-state index in [1.165, 1.54) is 4.88 Å². The molecule has 0 bridgehead atoms. The highest BCUT2D eigenvalue weighted by atomic mass is 32.1. The maximum absolute atomic E-state index is 12.7. The van der Waals surface area contributed by atoms with Crippen molar-refractivity contribution in [3.63, 3.8) is 0 Å². The van der Waals surface area contributed by atoms with E-state index in [9.17, 15) is 9.59 Å². The summed E-state index contributed by atoms with van der Waals surface area (Å²) in [7, 11) is 0. The van der Waals surface area contributed by atoms with Crippen molar-refractivity contribution in [2.75, 3.05) is 6.54 Å². The predicted octanol–water partition coefficient (Wildman–Crippen LogP) is 2.20. The average molecular weight is 306 g/mol. The van der Waals surface area contributed by atoms with Gasteiger partial charge in [-0.25, -0.2) is 0 Å². The molecular weight excluding hydrogens is 284 g/mol. The molecule has 0 radical (unpaired) electrons. The molecule has 2 heterocycles. The largest absolute Gasteiger partial charge is 0.342 e. The number of amides is 2. The van der Waals surface area contributed by atoms with Crippen LogP contribution in [0.3, 0.4) is 0 Å². The smallest absolute Gasteiger partial charge is 0.245 e. The number of hydrogen-bond acceptors (Lipinski definition) is 3. The monoisotopic (exact) mass is 306 g/mol. The fourth-order valence-electron chi connectivity index (χ4n) is 3.10. The summed E-state index contributed by atoms with van der Waals surface area (Å²) in [6.45, 7) is 2.70. The predicted molar refractivity (Wildman–Crippen MR) is 83.1 cm³/mol. The standard InChI is InChI=1S/C16H22N2O2S/c1-2-4-13-16(20)18(9-8-12-5-3-10-21-12)14(11-6-7-11)15(19)17-13/h3,5,10-11,13-14H,2,4,6-9H2,1H3,(H,17,19). The van der Waals surface area contributed by atoms with Crippen molar-refractivity contribution in [2.45, 2.75) is 51.1 Å². The van der Waals surface area contributed by atoms with E-state index in [0.717, 1.165) is 32.1 Å². The van der Waals surface area contributed by atoms with E-state index >= 15 is 0 Å². The van der Waals surface area contributed by atoms with Crippen LogP contribution in [0.2, 0.25) is 0 Å². The summed E-state index contributed by atoms with van der Waals surface area (Å²) in [5, 5.41) is 4.99. The van der Waals surface area contributed by atoms with E-state index in [1.807, 2.05) is 17.9 Å². The number of hydrogen-bond donors (Lipinski definition) is 1. The maximum atomic E-state index is 12.7. The van der Waals surface area contributed by atoms with Crippen LogP contribution in [0.5, 0.6) is 0 Å². The minimum absolute atomic E-state index is 0.0572. The van der Waals surface area contributed by atoms with E-state index in [1.54, 1.807) is 11.3 Å². The van der Waals surface area contributed by atoms with Crippen LogP contribution in [0.25, 0.3) is 0 Å². The molecule has 1 aromatic rings. The molecule has 2 unspecified atom stereocenters. The highest BCUT2D eigenvalue weighted by Crippen LogP contribution is 2.37. The minimum Gasteiger partial charge on any atom is -0.342 e. The molecule has 2 atom stereocenters. The molecule has 2 aliphatic rings. The molecule has 1 aromatic heterocycles. The zero-order valence-electron chi connectivity index (χ0n) is 12.4. The second-order valence-corrected chi connectivity index (χ2v) is 7.03. The van der Waals surface area contributed by atoms with Crippen LogP contribution >= 0.6 is 11.3 Å². The van der Waals surface area contributed by atoms with Crippen LogP contribution in [0.1, 0.15) is 37.5 Å². The van der Waals surface area contributed by atoms with Crippen molar-refractivity contribution < 1.29 is 9.59 Å². The Kier molecular flexibility index (Phi) is 4.29. The van der Waals surface area contributed by atoms with Gasteiger partial charge in [0.05, 0.1) is 0 Å². The first kappa shape index (κ1) is 14.6. The molecule has 1 aliphatic heterocycles. The van der Waals surface area contributed by atoms with Crippen LogP contribution in [0, 0.1) is 5.92 Å². The van der Waals surface area contributed by atoms with Gasteiger partial charge in [0.15, 0.2) is 0 Å². The Morgan fingerprint density at radius 3 is 2.81 bits per heavy atom. The third-order valence-corrected chi connectivity index (χ3v) is 5.26. The number of rotatable bonds is 6.